The summed E-state index contributed by atoms with van der Waals surface area (Å²) < 4.78 is 39.3. The maximum atomic E-state index is 13.4. The quantitative estimate of drug-likeness (QED) is 0.438. The van der Waals surface area contributed by atoms with Gasteiger partial charge in [-0.25, -0.2) is 18.7 Å². The number of nitrogens with one attached hydrogen (secondary N) is 1. The SMILES string of the molecule is C=CC(=CC)CONC(=O)CC(O)Cc1cc(F)c(F)cc1F. The van der Waals surface area contributed by atoms with Gasteiger partial charge in [0.2, 0.25) is 5.91 Å². The number of rotatable bonds is 8. The maximum Gasteiger partial charge on any atom is 0.246 e. The van der Waals surface area contributed by atoms with Crippen LogP contribution in [-0.2, 0) is 16.1 Å². The lowest BCUT2D eigenvalue weighted by Gasteiger charge is -2.12. The summed E-state index contributed by atoms with van der Waals surface area (Å²) in [5.74, 6) is -4.14. The highest BCUT2D eigenvalue weighted by Gasteiger charge is 2.16. The summed E-state index contributed by atoms with van der Waals surface area (Å²) >= 11 is 0. The third-order valence-corrected chi connectivity index (χ3v) is 3.02. The number of carbonyl (C=O) groups excluding carboxylic acids is 1. The van der Waals surface area contributed by atoms with E-state index in [0.29, 0.717) is 12.1 Å². The minimum absolute atomic E-state index is 0.111. The minimum Gasteiger partial charge on any atom is -0.392 e. The lowest BCUT2D eigenvalue weighted by molar-refractivity contribution is -0.134. The van der Waals surface area contributed by atoms with Gasteiger partial charge in [0.1, 0.15) is 5.82 Å². The molecule has 1 amide bonds. The Balaban J connectivity index is 2.47. The zero-order valence-corrected chi connectivity index (χ0v) is 12.6. The first kappa shape index (κ1) is 18.9. The number of carbonyl (C=O) groups is 1. The van der Waals surface area contributed by atoms with Crippen LogP contribution >= 0.6 is 0 Å². The van der Waals surface area contributed by atoms with Gasteiger partial charge in [-0.15, -0.1) is 0 Å². The highest BCUT2D eigenvalue weighted by Crippen LogP contribution is 2.16. The number of benzene rings is 1. The van der Waals surface area contributed by atoms with Gasteiger partial charge in [0.25, 0.3) is 0 Å². The highest BCUT2D eigenvalue weighted by molar-refractivity contribution is 5.75. The molecule has 1 unspecified atom stereocenters. The van der Waals surface area contributed by atoms with E-state index in [2.05, 4.69) is 12.1 Å². The molecule has 1 aromatic carbocycles. The van der Waals surface area contributed by atoms with Crippen LogP contribution in [-0.4, -0.2) is 23.7 Å². The van der Waals surface area contributed by atoms with Crippen LogP contribution in [0.1, 0.15) is 18.9 Å². The maximum absolute atomic E-state index is 13.4. The van der Waals surface area contributed by atoms with Gasteiger partial charge in [-0.05, 0) is 24.1 Å². The van der Waals surface area contributed by atoms with Crippen molar-refractivity contribution >= 4 is 5.91 Å². The van der Waals surface area contributed by atoms with Gasteiger partial charge in [0.15, 0.2) is 11.6 Å². The second kappa shape index (κ2) is 9.12. The summed E-state index contributed by atoms with van der Waals surface area (Å²) in [5, 5.41) is 9.73. The summed E-state index contributed by atoms with van der Waals surface area (Å²) in [6.07, 6.45) is 1.34. The third-order valence-electron chi connectivity index (χ3n) is 3.02. The Labute approximate surface area is 132 Å². The molecule has 0 aliphatic carbocycles. The van der Waals surface area contributed by atoms with Crippen molar-refractivity contribution < 1.29 is 27.9 Å². The standard InChI is InChI=1S/C16H18F3NO3/c1-3-10(4-2)9-23-20-16(22)7-12(21)5-11-6-14(18)15(19)8-13(11)17/h3-4,6,8,12,21H,1,5,7,9H2,2H3,(H,20,22). The van der Waals surface area contributed by atoms with Crippen molar-refractivity contribution in [2.45, 2.75) is 25.9 Å². The van der Waals surface area contributed by atoms with Crippen molar-refractivity contribution in [2.75, 3.05) is 6.61 Å². The number of amides is 1. The van der Waals surface area contributed by atoms with Crippen molar-refractivity contribution in [1.82, 2.24) is 5.48 Å². The molecule has 126 valence electrons. The molecule has 7 heteroatoms. The fraction of sp³-hybridized carbons (Fsp3) is 0.312. The number of hydrogen-bond donors (Lipinski definition) is 2. The van der Waals surface area contributed by atoms with Crippen LogP contribution in [0, 0.1) is 17.5 Å². The Kier molecular flexibility index (Phi) is 7.50. The Morgan fingerprint density at radius 1 is 1.35 bits per heavy atom. The van der Waals surface area contributed by atoms with Crippen LogP contribution in [0.4, 0.5) is 13.2 Å². The molecular weight excluding hydrogens is 311 g/mol. The smallest absolute Gasteiger partial charge is 0.246 e. The Bertz CT molecular complexity index is 602. The van der Waals surface area contributed by atoms with E-state index in [1.165, 1.54) is 0 Å². The van der Waals surface area contributed by atoms with Gasteiger partial charge < -0.3 is 5.11 Å². The van der Waals surface area contributed by atoms with Gasteiger partial charge in [-0.2, -0.15) is 0 Å². The van der Waals surface area contributed by atoms with Crippen LogP contribution in [0.2, 0.25) is 0 Å². The van der Waals surface area contributed by atoms with Crippen LogP contribution < -0.4 is 5.48 Å². The second-order valence-electron chi connectivity index (χ2n) is 4.80. The lowest BCUT2D eigenvalue weighted by atomic mass is 10.0. The van der Waals surface area contributed by atoms with Crippen molar-refractivity contribution in [1.29, 1.82) is 0 Å². The largest absolute Gasteiger partial charge is 0.392 e. The molecule has 0 saturated carbocycles. The normalized spacial score (nSPS) is 12.8. The highest BCUT2D eigenvalue weighted by atomic mass is 19.2. The van der Waals surface area contributed by atoms with E-state index in [4.69, 9.17) is 4.84 Å². The molecule has 0 aliphatic rings. The molecular formula is C16H18F3NO3. The van der Waals surface area contributed by atoms with Crippen molar-refractivity contribution in [3.05, 3.63) is 59.5 Å². The Morgan fingerprint density at radius 3 is 2.61 bits per heavy atom. The molecule has 0 radical (unpaired) electrons. The van der Waals surface area contributed by atoms with E-state index in [9.17, 15) is 23.1 Å². The summed E-state index contributed by atoms with van der Waals surface area (Å²) in [6, 6.07) is 1.05. The number of aliphatic hydroxyl groups excluding tert-OH is 1. The van der Waals surface area contributed by atoms with Crippen LogP contribution in [0.3, 0.4) is 0 Å². The molecule has 0 bridgehead atoms. The number of allylic oxidation sites excluding steroid dienone is 1. The van der Waals surface area contributed by atoms with Gasteiger partial charge in [0, 0.05) is 12.5 Å². The zero-order valence-electron chi connectivity index (χ0n) is 12.6. The van der Waals surface area contributed by atoms with E-state index in [1.54, 1.807) is 19.1 Å². The summed E-state index contributed by atoms with van der Waals surface area (Å²) in [6.45, 7) is 5.44. The third kappa shape index (κ3) is 6.25. The van der Waals surface area contributed by atoms with Crippen LogP contribution in [0.5, 0.6) is 0 Å². The zero-order chi connectivity index (χ0) is 17.4. The first-order valence-corrected chi connectivity index (χ1v) is 6.87. The number of hydroxylamine groups is 1. The van der Waals surface area contributed by atoms with Crippen LogP contribution in [0.25, 0.3) is 0 Å². The monoisotopic (exact) mass is 329 g/mol. The first-order valence-electron chi connectivity index (χ1n) is 6.87. The molecule has 2 N–H and O–H groups in total. The fourth-order valence-electron chi connectivity index (χ4n) is 1.76. The van der Waals surface area contributed by atoms with Gasteiger partial charge in [0.05, 0.1) is 19.1 Å². The minimum atomic E-state index is -1.31. The van der Waals surface area contributed by atoms with E-state index in [0.717, 1.165) is 5.57 Å². The van der Waals surface area contributed by atoms with E-state index < -0.39 is 29.5 Å². The number of halogens is 3. The van der Waals surface area contributed by atoms with Crippen molar-refractivity contribution in [3.8, 4) is 0 Å². The first-order chi connectivity index (χ1) is 10.9. The molecule has 0 aliphatic heterocycles. The molecule has 1 atom stereocenters. The number of aliphatic hydroxyl groups is 1. The number of hydrogen-bond acceptors (Lipinski definition) is 3. The molecule has 1 aromatic rings. The molecule has 0 heterocycles. The Morgan fingerprint density at radius 2 is 2.00 bits per heavy atom. The predicted molar refractivity (Wildman–Crippen MR) is 78.7 cm³/mol. The average molecular weight is 329 g/mol. The molecule has 23 heavy (non-hydrogen) atoms. The Hall–Kier alpha value is -2.12. The molecule has 0 fully saturated rings. The molecule has 0 aromatic heterocycles. The summed E-state index contributed by atoms with van der Waals surface area (Å²) in [7, 11) is 0. The van der Waals surface area contributed by atoms with Crippen molar-refractivity contribution in [2.24, 2.45) is 0 Å². The molecule has 0 spiro atoms. The topological polar surface area (TPSA) is 58.6 Å². The van der Waals surface area contributed by atoms with Crippen molar-refractivity contribution in [3.63, 3.8) is 0 Å². The van der Waals surface area contributed by atoms with E-state index in [-0.39, 0.29) is 25.0 Å². The van der Waals surface area contributed by atoms with Crippen LogP contribution in [0.15, 0.2) is 36.4 Å². The summed E-state index contributed by atoms with van der Waals surface area (Å²) in [5.41, 5.74) is 2.66. The molecule has 1 rings (SSSR count). The molecule has 4 nitrogen and oxygen atoms in total. The van der Waals surface area contributed by atoms with Gasteiger partial charge in [-0.1, -0.05) is 18.7 Å². The van der Waals surface area contributed by atoms with E-state index >= 15 is 0 Å². The lowest BCUT2D eigenvalue weighted by Crippen LogP contribution is -2.29. The molecule has 0 saturated heterocycles. The average Bonchev–Trinajstić information content (AvgIpc) is 2.49. The van der Waals surface area contributed by atoms with Gasteiger partial charge in [-0.3, -0.25) is 9.63 Å². The van der Waals surface area contributed by atoms with E-state index in [1.807, 2.05) is 0 Å². The summed E-state index contributed by atoms with van der Waals surface area (Å²) in [4.78, 5) is 16.5. The fourth-order valence-corrected chi connectivity index (χ4v) is 1.76. The second-order valence-corrected chi connectivity index (χ2v) is 4.80. The predicted octanol–water partition coefficient (Wildman–Crippen LogP) is 2.58. The van der Waals surface area contributed by atoms with Gasteiger partial charge >= 0.3 is 0 Å².